The minimum absolute atomic E-state index is 1.18. The third-order valence-electron chi connectivity index (χ3n) is 2.36. The lowest BCUT2D eigenvalue weighted by Crippen LogP contribution is -1.87. The second-order valence-electron chi connectivity index (χ2n) is 3.38. The maximum absolute atomic E-state index is 2.23. The molecule has 0 radical (unpaired) electrons. The second-order valence-corrected chi connectivity index (χ2v) is 3.38. The molecule has 0 unspecified atom stereocenters. The molecule has 0 atom stereocenters. The first kappa shape index (κ1) is 14.0. The molecule has 0 aliphatic carbocycles. The number of allylic oxidation sites excluding steroid dienone is 2. The van der Waals surface area contributed by atoms with E-state index in [0.29, 0.717) is 0 Å². The van der Waals surface area contributed by atoms with E-state index in [1.807, 2.05) is 13.8 Å². The summed E-state index contributed by atoms with van der Waals surface area (Å²) in [5, 5.41) is 0. The van der Waals surface area contributed by atoms with Crippen LogP contribution in [0.4, 0.5) is 0 Å². The van der Waals surface area contributed by atoms with Crippen molar-refractivity contribution in [3.05, 3.63) is 41.5 Å². The van der Waals surface area contributed by atoms with E-state index in [1.54, 1.807) is 0 Å². The molecule has 0 aliphatic heterocycles. The highest BCUT2D eigenvalue weighted by molar-refractivity contribution is 5.67. The van der Waals surface area contributed by atoms with E-state index in [4.69, 9.17) is 0 Å². The van der Waals surface area contributed by atoms with Crippen LogP contribution in [-0.2, 0) is 0 Å². The predicted molar refractivity (Wildman–Crippen MR) is 71.1 cm³/mol. The van der Waals surface area contributed by atoms with Crippen molar-refractivity contribution in [3.8, 4) is 0 Å². The van der Waals surface area contributed by atoms with E-state index >= 15 is 0 Å². The lowest BCUT2D eigenvalue weighted by Gasteiger charge is -2.08. The van der Waals surface area contributed by atoms with Gasteiger partial charge in [0.15, 0.2) is 0 Å². The molecule has 0 saturated heterocycles. The van der Waals surface area contributed by atoms with Gasteiger partial charge in [-0.2, -0.15) is 0 Å². The van der Waals surface area contributed by atoms with Gasteiger partial charge in [0, 0.05) is 0 Å². The number of hydrogen-bond acceptors (Lipinski definition) is 0. The van der Waals surface area contributed by atoms with Crippen molar-refractivity contribution in [1.82, 2.24) is 0 Å². The summed E-state index contributed by atoms with van der Waals surface area (Å²) in [6.07, 6.45) is 4.63. The van der Waals surface area contributed by atoms with E-state index in [1.165, 1.54) is 29.5 Å². The largest absolute Gasteiger partial charge is 0.0838 e. The van der Waals surface area contributed by atoms with Gasteiger partial charge in [-0.3, -0.25) is 0 Å². The van der Waals surface area contributed by atoms with E-state index in [0.717, 1.165) is 0 Å². The Hall–Kier alpha value is -1.04. The van der Waals surface area contributed by atoms with Crippen molar-refractivity contribution >= 4 is 5.57 Å². The number of hydrogen-bond donors (Lipinski definition) is 0. The molecule has 84 valence electrons. The molecule has 0 aliphatic rings. The zero-order valence-corrected chi connectivity index (χ0v) is 10.8. The van der Waals surface area contributed by atoms with Crippen LogP contribution in [0.15, 0.2) is 30.3 Å². The average Bonchev–Trinajstić information content (AvgIpc) is 2.30. The first-order valence-corrected chi connectivity index (χ1v) is 6.00. The molecule has 0 heteroatoms. The van der Waals surface area contributed by atoms with Gasteiger partial charge in [0.05, 0.1) is 0 Å². The summed E-state index contributed by atoms with van der Waals surface area (Å²) in [6.45, 7) is 10.5. The maximum atomic E-state index is 2.23. The SMILES string of the molecule is C/C=C(/CCC)c1ccccc1C.CC. The van der Waals surface area contributed by atoms with Gasteiger partial charge >= 0.3 is 0 Å². The molecule has 0 heterocycles. The highest BCUT2D eigenvalue weighted by atomic mass is 14.1. The highest BCUT2D eigenvalue weighted by Gasteiger charge is 2.01. The molecule has 0 amide bonds. The fraction of sp³-hybridized carbons (Fsp3) is 0.467. The van der Waals surface area contributed by atoms with Crippen LogP contribution in [0.1, 0.15) is 51.7 Å². The Morgan fingerprint density at radius 2 is 1.80 bits per heavy atom. The van der Waals surface area contributed by atoms with Crippen LogP contribution in [0, 0.1) is 6.92 Å². The van der Waals surface area contributed by atoms with Crippen molar-refractivity contribution in [2.24, 2.45) is 0 Å². The molecular weight excluding hydrogens is 180 g/mol. The zero-order valence-electron chi connectivity index (χ0n) is 10.8. The van der Waals surface area contributed by atoms with Crippen molar-refractivity contribution in [2.75, 3.05) is 0 Å². The average molecular weight is 204 g/mol. The minimum Gasteiger partial charge on any atom is -0.0838 e. The summed E-state index contributed by atoms with van der Waals surface area (Å²) in [7, 11) is 0. The molecule has 15 heavy (non-hydrogen) atoms. The van der Waals surface area contributed by atoms with Crippen LogP contribution in [-0.4, -0.2) is 0 Å². The fourth-order valence-corrected chi connectivity index (χ4v) is 1.64. The Labute approximate surface area is 95.0 Å². The standard InChI is InChI=1S/C13H18.C2H6/c1-4-8-12(5-2)13-10-7-6-9-11(13)3;1-2/h5-7,9-10H,4,8H2,1-3H3;1-2H3/b12-5-;. The van der Waals surface area contributed by atoms with Gasteiger partial charge < -0.3 is 0 Å². The Morgan fingerprint density at radius 1 is 1.20 bits per heavy atom. The molecule has 0 fully saturated rings. The van der Waals surface area contributed by atoms with Gasteiger partial charge in [0.1, 0.15) is 0 Å². The van der Waals surface area contributed by atoms with Crippen molar-refractivity contribution in [1.29, 1.82) is 0 Å². The van der Waals surface area contributed by atoms with Gasteiger partial charge in [-0.25, -0.2) is 0 Å². The highest BCUT2D eigenvalue weighted by Crippen LogP contribution is 2.22. The molecule has 0 bridgehead atoms. The Morgan fingerprint density at radius 3 is 2.27 bits per heavy atom. The normalized spacial score (nSPS) is 10.6. The predicted octanol–water partition coefficient (Wildman–Crippen LogP) is 5.22. The molecule has 0 spiro atoms. The Balaban J connectivity index is 0.000000921. The molecule has 0 N–H and O–H groups in total. The Bertz CT molecular complexity index is 295. The summed E-state index contributed by atoms with van der Waals surface area (Å²) in [5.74, 6) is 0. The number of benzene rings is 1. The van der Waals surface area contributed by atoms with Crippen LogP contribution < -0.4 is 0 Å². The van der Waals surface area contributed by atoms with Crippen LogP contribution in [0.2, 0.25) is 0 Å². The van der Waals surface area contributed by atoms with Crippen LogP contribution in [0.3, 0.4) is 0 Å². The van der Waals surface area contributed by atoms with Crippen LogP contribution >= 0.6 is 0 Å². The third kappa shape index (κ3) is 4.33. The van der Waals surface area contributed by atoms with Gasteiger partial charge in [-0.05, 0) is 37.0 Å². The molecule has 1 aromatic rings. The zero-order chi connectivity index (χ0) is 11.7. The maximum Gasteiger partial charge on any atom is -0.0199 e. The lowest BCUT2D eigenvalue weighted by atomic mass is 9.97. The number of rotatable bonds is 3. The summed E-state index contributed by atoms with van der Waals surface area (Å²) in [5.41, 5.74) is 4.26. The van der Waals surface area contributed by atoms with Gasteiger partial charge in [-0.1, -0.05) is 57.5 Å². The third-order valence-corrected chi connectivity index (χ3v) is 2.36. The topological polar surface area (TPSA) is 0 Å². The molecule has 1 rings (SSSR count). The summed E-state index contributed by atoms with van der Waals surface area (Å²) in [4.78, 5) is 0. The summed E-state index contributed by atoms with van der Waals surface area (Å²) >= 11 is 0. The monoisotopic (exact) mass is 204 g/mol. The Kier molecular flexibility index (Phi) is 7.71. The van der Waals surface area contributed by atoms with Crippen LogP contribution in [0.5, 0.6) is 0 Å². The van der Waals surface area contributed by atoms with Crippen LogP contribution in [0.25, 0.3) is 5.57 Å². The minimum atomic E-state index is 1.18. The molecule has 0 saturated carbocycles. The van der Waals surface area contributed by atoms with Gasteiger partial charge in [0.2, 0.25) is 0 Å². The molecule has 1 aromatic carbocycles. The first-order valence-electron chi connectivity index (χ1n) is 6.00. The van der Waals surface area contributed by atoms with E-state index in [9.17, 15) is 0 Å². The fourth-order valence-electron chi connectivity index (χ4n) is 1.64. The first-order chi connectivity index (χ1) is 7.29. The summed E-state index contributed by atoms with van der Waals surface area (Å²) < 4.78 is 0. The summed E-state index contributed by atoms with van der Waals surface area (Å²) in [6, 6.07) is 8.59. The number of aryl methyl sites for hydroxylation is 1. The van der Waals surface area contributed by atoms with Crippen molar-refractivity contribution in [2.45, 2.75) is 47.5 Å². The van der Waals surface area contributed by atoms with E-state index in [2.05, 4.69) is 51.1 Å². The second kappa shape index (κ2) is 8.28. The lowest BCUT2D eigenvalue weighted by molar-refractivity contribution is 0.970. The molecule has 0 nitrogen and oxygen atoms in total. The molecule has 0 aromatic heterocycles. The quantitative estimate of drug-likeness (QED) is 0.633. The van der Waals surface area contributed by atoms with E-state index < -0.39 is 0 Å². The smallest absolute Gasteiger partial charge is 0.0199 e. The van der Waals surface area contributed by atoms with E-state index in [-0.39, 0.29) is 0 Å². The molecular formula is C15H24. The van der Waals surface area contributed by atoms with Crippen molar-refractivity contribution < 1.29 is 0 Å². The van der Waals surface area contributed by atoms with Gasteiger partial charge in [-0.15, -0.1) is 0 Å². The van der Waals surface area contributed by atoms with Gasteiger partial charge in [0.25, 0.3) is 0 Å². The van der Waals surface area contributed by atoms with Crippen molar-refractivity contribution in [3.63, 3.8) is 0 Å².